The molecule has 0 amide bonds. The molecule has 0 saturated carbocycles. The van der Waals surface area contributed by atoms with E-state index in [4.69, 9.17) is 20.6 Å². The molecule has 0 atom stereocenters. The fourth-order valence-corrected chi connectivity index (χ4v) is 2.60. The average molecular weight is 358 g/mol. The summed E-state index contributed by atoms with van der Waals surface area (Å²) in [5.41, 5.74) is 7.37. The van der Waals surface area contributed by atoms with Crippen LogP contribution in [0.5, 0.6) is 0 Å². The van der Waals surface area contributed by atoms with Crippen molar-refractivity contribution >= 4 is 27.5 Å². The van der Waals surface area contributed by atoms with Gasteiger partial charge in [-0.05, 0) is 41.9 Å². The highest BCUT2D eigenvalue weighted by Crippen LogP contribution is 2.27. The van der Waals surface area contributed by atoms with Crippen molar-refractivity contribution < 1.29 is 9.47 Å². The Balaban J connectivity index is 2.95. The highest BCUT2D eigenvalue weighted by Gasteiger charge is 2.15. The molecule has 21 heavy (non-hydrogen) atoms. The van der Waals surface area contributed by atoms with Gasteiger partial charge in [0, 0.05) is 36.5 Å². The van der Waals surface area contributed by atoms with Crippen LogP contribution in [0.2, 0.25) is 0 Å². The lowest BCUT2D eigenvalue weighted by molar-refractivity contribution is 0.141. The van der Waals surface area contributed by atoms with Crippen molar-refractivity contribution in [1.82, 2.24) is 0 Å². The number of nitrogens with two attached hydrogens (primary N) is 1. The molecule has 118 valence electrons. The summed E-state index contributed by atoms with van der Waals surface area (Å²) in [5.74, 6) is 0.0512. The third kappa shape index (κ3) is 5.65. The molecule has 0 aliphatic rings. The third-order valence-corrected chi connectivity index (χ3v) is 3.68. The number of hydrogen-bond acceptors (Lipinski definition) is 4. The van der Waals surface area contributed by atoms with Gasteiger partial charge in [-0.15, -0.1) is 0 Å². The Kier molecular flexibility index (Phi) is 8.34. The molecule has 6 heteroatoms. The molecular weight excluding hydrogens is 334 g/mol. The minimum Gasteiger partial charge on any atom is -0.384 e. The Morgan fingerprint density at radius 3 is 2.24 bits per heavy atom. The average Bonchev–Trinajstić information content (AvgIpc) is 2.45. The van der Waals surface area contributed by atoms with Crippen LogP contribution >= 0.6 is 15.9 Å². The molecule has 1 rings (SSSR count). The molecule has 0 heterocycles. The van der Waals surface area contributed by atoms with Gasteiger partial charge in [-0.2, -0.15) is 0 Å². The van der Waals surface area contributed by atoms with E-state index >= 15 is 0 Å². The Hall–Kier alpha value is -1.11. The van der Waals surface area contributed by atoms with E-state index in [-0.39, 0.29) is 5.84 Å². The Morgan fingerprint density at radius 2 is 1.76 bits per heavy atom. The number of benzene rings is 1. The zero-order valence-corrected chi connectivity index (χ0v) is 14.3. The molecule has 3 N–H and O–H groups in total. The second-order valence-corrected chi connectivity index (χ2v) is 5.28. The van der Waals surface area contributed by atoms with Gasteiger partial charge in [0.15, 0.2) is 0 Å². The lowest BCUT2D eigenvalue weighted by Crippen LogP contribution is -2.33. The molecule has 0 unspecified atom stereocenters. The summed E-state index contributed by atoms with van der Waals surface area (Å²) in [6.45, 7) is 8.07. The minimum atomic E-state index is 0.0512. The monoisotopic (exact) mass is 357 g/mol. The first-order chi connectivity index (χ1) is 10.1. The third-order valence-electron chi connectivity index (χ3n) is 3.02. The normalized spacial score (nSPS) is 10.6. The molecule has 1 aromatic carbocycles. The maximum absolute atomic E-state index is 7.80. The predicted octanol–water partition coefficient (Wildman–Crippen LogP) is 2.61. The summed E-state index contributed by atoms with van der Waals surface area (Å²) in [6.07, 6.45) is 0. The van der Waals surface area contributed by atoms with Crippen LogP contribution < -0.4 is 10.6 Å². The highest BCUT2D eigenvalue weighted by atomic mass is 79.9. The summed E-state index contributed by atoms with van der Waals surface area (Å²) >= 11 is 3.47. The summed E-state index contributed by atoms with van der Waals surface area (Å²) in [4.78, 5) is 2.15. The molecule has 0 aliphatic heterocycles. The quantitative estimate of drug-likeness (QED) is 0.383. The van der Waals surface area contributed by atoms with E-state index in [9.17, 15) is 0 Å². The van der Waals surface area contributed by atoms with E-state index < -0.39 is 0 Å². The predicted molar refractivity (Wildman–Crippen MR) is 90.4 cm³/mol. The molecule has 0 aliphatic carbocycles. The van der Waals surface area contributed by atoms with Gasteiger partial charge in [-0.1, -0.05) is 6.07 Å². The zero-order chi connectivity index (χ0) is 15.7. The molecule has 5 nitrogen and oxygen atoms in total. The van der Waals surface area contributed by atoms with E-state index in [1.54, 1.807) is 0 Å². The number of amidine groups is 1. The largest absolute Gasteiger partial charge is 0.384 e. The first-order valence-electron chi connectivity index (χ1n) is 7.15. The van der Waals surface area contributed by atoms with Crippen molar-refractivity contribution in [3.8, 4) is 0 Å². The number of nitrogens with one attached hydrogen (secondary N) is 1. The van der Waals surface area contributed by atoms with E-state index in [1.165, 1.54) is 0 Å². The minimum absolute atomic E-state index is 0.0512. The molecule has 1 aromatic rings. The Labute approximate surface area is 135 Å². The number of nitrogen functional groups attached to an aromatic ring is 1. The molecule has 0 radical (unpaired) electrons. The van der Waals surface area contributed by atoms with Crippen molar-refractivity contribution in [3.63, 3.8) is 0 Å². The van der Waals surface area contributed by atoms with E-state index in [2.05, 4.69) is 20.8 Å². The second kappa shape index (κ2) is 9.76. The van der Waals surface area contributed by atoms with Gasteiger partial charge >= 0.3 is 0 Å². The molecular formula is C15H24BrN3O2. The van der Waals surface area contributed by atoms with E-state index in [0.29, 0.717) is 32.0 Å². The topological polar surface area (TPSA) is 71.6 Å². The van der Waals surface area contributed by atoms with Gasteiger partial charge in [0.25, 0.3) is 0 Å². The summed E-state index contributed by atoms with van der Waals surface area (Å²) in [7, 11) is 0. The fraction of sp³-hybridized carbons (Fsp3) is 0.533. The number of hydrogen-bond donors (Lipinski definition) is 2. The highest BCUT2D eigenvalue weighted by molar-refractivity contribution is 9.10. The number of anilines is 1. The number of halogens is 1. The molecule has 0 spiro atoms. The SMILES string of the molecule is CCOCCN(CCOCC)c1cccc(Br)c1C(=N)N. The van der Waals surface area contributed by atoms with Crippen molar-refractivity contribution in [1.29, 1.82) is 5.41 Å². The van der Waals surface area contributed by atoms with Crippen molar-refractivity contribution in [2.75, 3.05) is 44.4 Å². The first-order valence-corrected chi connectivity index (χ1v) is 7.94. The second-order valence-electron chi connectivity index (χ2n) is 4.43. The summed E-state index contributed by atoms with van der Waals surface area (Å²) in [5, 5.41) is 7.80. The maximum Gasteiger partial charge on any atom is 0.126 e. The number of nitrogens with zero attached hydrogens (tertiary/aromatic N) is 1. The summed E-state index contributed by atoms with van der Waals surface area (Å²) in [6, 6.07) is 5.81. The lowest BCUT2D eigenvalue weighted by Gasteiger charge is -2.27. The van der Waals surface area contributed by atoms with Crippen LogP contribution in [0.3, 0.4) is 0 Å². The molecule has 0 saturated heterocycles. The fourth-order valence-electron chi connectivity index (χ4n) is 2.03. The molecule has 0 fully saturated rings. The van der Waals surface area contributed by atoms with Gasteiger partial charge < -0.3 is 20.1 Å². The lowest BCUT2D eigenvalue weighted by atomic mass is 10.1. The van der Waals surface area contributed by atoms with Gasteiger partial charge in [0.05, 0.1) is 18.8 Å². The van der Waals surface area contributed by atoms with Crippen LogP contribution in [0.4, 0.5) is 5.69 Å². The van der Waals surface area contributed by atoms with Crippen LogP contribution in [0, 0.1) is 5.41 Å². The van der Waals surface area contributed by atoms with Crippen molar-refractivity contribution in [3.05, 3.63) is 28.2 Å². The zero-order valence-electron chi connectivity index (χ0n) is 12.7. The molecule has 0 bridgehead atoms. The van der Waals surface area contributed by atoms with E-state index in [1.807, 2.05) is 32.0 Å². The number of ether oxygens (including phenoxy) is 2. The van der Waals surface area contributed by atoms with Crippen molar-refractivity contribution in [2.24, 2.45) is 5.73 Å². The standard InChI is InChI=1S/C15H24BrN3O2/c1-3-20-10-8-19(9-11-21-4-2)13-7-5-6-12(16)14(13)15(17)18/h5-7H,3-4,8-11H2,1-2H3,(H3,17,18). The number of rotatable bonds is 10. The van der Waals surface area contributed by atoms with Crippen LogP contribution in [0.1, 0.15) is 19.4 Å². The van der Waals surface area contributed by atoms with Crippen LogP contribution in [-0.2, 0) is 9.47 Å². The van der Waals surface area contributed by atoms with Crippen LogP contribution in [0.25, 0.3) is 0 Å². The van der Waals surface area contributed by atoms with Gasteiger partial charge in [-0.25, -0.2) is 0 Å². The van der Waals surface area contributed by atoms with Crippen LogP contribution in [-0.4, -0.2) is 45.4 Å². The Bertz CT molecular complexity index is 445. The van der Waals surface area contributed by atoms with Gasteiger partial charge in [0.1, 0.15) is 5.84 Å². The smallest absolute Gasteiger partial charge is 0.126 e. The first kappa shape index (κ1) is 17.9. The van der Waals surface area contributed by atoms with Gasteiger partial charge in [-0.3, -0.25) is 5.41 Å². The van der Waals surface area contributed by atoms with Crippen molar-refractivity contribution in [2.45, 2.75) is 13.8 Å². The Morgan fingerprint density at radius 1 is 1.19 bits per heavy atom. The van der Waals surface area contributed by atoms with Crippen LogP contribution in [0.15, 0.2) is 22.7 Å². The van der Waals surface area contributed by atoms with E-state index in [0.717, 1.165) is 23.2 Å². The summed E-state index contributed by atoms with van der Waals surface area (Å²) < 4.78 is 11.7. The maximum atomic E-state index is 7.80. The molecule has 0 aromatic heterocycles. The van der Waals surface area contributed by atoms with Gasteiger partial charge in [0.2, 0.25) is 0 Å².